The maximum absolute atomic E-state index is 12.1. The molecule has 0 aromatic heterocycles. The van der Waals surface area contributed by atoms with Crippen LogP contribution in [0.15, 0.2) is 21.7 Å². The smallest absolute Gasteiger partial charge is 0.321 e. The fourth-order valence-electron chi connectivity index (χ4n) is 0.754. The van der Waals surface area contributed by atoms with E-state index in [-0.39, 0.29) is 5.84 Å². The molecule has 1 aliphatic heterocycles. The molecule has 0 amide bonds. The van der Waals surface area contributed by atoms with Gasteiger partial charge in [0.2, 0.25) is 0 Å². The highest BCUT2D eigenvalue weighted by molar-refractivity contribution is 6.34. The first-order valence-electron chi connectivity index (χ1n) is 3.20. The number of nitrogens with zero attached hydrogens (tertiary/aromatic N) is 2. The number of hydrogen-bond donors (Lipinski definition) is 1. The summed E-state index contributed by atoms with van der Waals surface area (Å²) in [5.74, 6) is 4.79. The number of allylic oxidation sites excluding steroid dienone is 1. The second-order valence-electron chi connectivity index (χ2n) is 2.27. The summed E-state index contributed by atoms with van der Waals surface area (Å²) in [5, 5.41) is 2.10. The third-order valence-electron chi connectivity index (χ3n) is 1.37. The Labute approximate surface area is 76.8 Å². The molecule has 0 saturated heterocycles. The molecule has 0 spiro atoms. The van der Waals surface area contributed by atoms with E-state index in [4.69, 9.17) is 17.4 Å². The quantitative estimate of drug-likeness (QED) is 0.368. The second-order valence-corrected chi connectivity index (χ2v) is 2.74. The van der Waals surface area contributed by atoms with Gasteiger partial charge in [0.25, 0.3) is 0 Å². The van der Waals surface area contributed by atoms with Gasteiger partial charge in [0.1, 0.15) is 5.38 Å². The zero-order valence-corrected chi connectivity index (χ0v) is 6.97. The summed E-state index contributed by atoms with van der Waals surface area (Å²) in [5.41, 5.74) is -0.889. The first-order chi connectivity index (χ1) is 5.95. The molecule has 13 heavy (non-hydrogen) atoms. The third-order valence-corrected chi connectivity index (χ3v) is 1.69. The molecule has 7 heteroatoms. The first kappa shape index (κ1) is 10.0. The number of rotatable bonds is 0. The van der Waals surface area contributed by atoms with Gasteiger partial charge in [-0.3, -0.25) is 0 Å². The van der Waals surface area contributed by atoms with E-state index in [9.17, 15) is 13.2 Å². The van der Waals surface area contributed by atoms with Crippen LogP contribution in [0.3, 0.4) is 0 Å². The van der Waals surface area contributed by atoms with Gasteiger partial charge in [-0.25, -0.2) is 4.99 Å². The molecule has 0 fully saturated rings. The monoisotopic (exact) mass is 211 g/mol. The van der Waals surface area contributed by atoms with Gasteiger partial charge in [0, 0.05) is 6.21 Å². The van der Waals surface area contributed by atoms with E-state index in [0.717, 1.165) is 6.08 Å². The molecule has 1 aliphatic rings. The van der Waals surface area contributed by atoms with Gasteiger partial charge in [-0.05, 0) is 6.08 Å². The van der Waals surface area contributed by atoms with Gasteiger partial charge in [0.05, 0.1) is 5.57 Å². The molecule has 0 radical (unpaired) electrons. The van der Waals surface area contributed by atoms with Crippen molar-refractivity contribution >= 4 is 23.7 Å². The van der Waals surface area contributed by atoms with Crippen molar-refractivity contribution in [2.75, 3.05) is 0 Å². The Balaban J connectivity index is 2.93. The van der Waals surface area contributed by atoms with Crippen molar-refractivity contribution in [3.8, 4) is 0 Å². The molecule has 0 saturated carbocycles. The van der Waals surface area contributed by atoms with E-state index in [1.165, 1.54) is 0 Å². The van der Waals surface area contributed by atoms with Crippen LogP contribution in [0.1, 0.15) is 0 Å². The number of dihydropyridines is 1. The maximum Gasteiger partial charge on any atom is 0.417 e. The summed E-state index contributed by atoms with van der Waals surface area (Å²) in [6.45, 7) is 0. The van der Waals surface area contributed by atoms with Gasteiger partial charge in [-0.2, -0.15) is 18.3 Å². The molecule has 1 heterocycles. The molecular formula is C6H5ClF3N3. The van der Waals surface area contributed by atoms with Crippen LogP contribution in [0.5, 0.6) is 0 Å². The number of halogens is 4. The lowest BCUT2D eigenvalue weighted by Gasteiger charge is -2.13. The van der Waals surface area contributed by atoms with Crippen LogP contribution < -0.4 is 5.84 Å². The SMILES string of the molecule is N/N=C1\N=CC(C(F)(F)F)=CC1Cl. The third kappa shape index (κ3) is 2.21. The highest BCUT2D eigenvalue weighted by Gasteiger charge is 2.35. The van der Waals surface area contributed by atoms with Crippen LogP contribution in [0.4, 0.5) is 13.2 Å². The van der Waals surface area contributed by atoms with Gasteiger partial charge < -0.3 is 5.84 Å². The standard InChI is InChI=1S/C6H5ClF3N3/c7-4-1-3(6(8,9)10)2-12-5(4)13-11/h1-2,4H,11H2/b13-5-. The molecule has 0 bridgehead atoms. The van der Waals surface area contributed by atoms with Gasteiger partial charge in [-0.15, -0.1) is 11.6 Å². The normalized spacial score (nSPS) is 26.3. The average Bonchev–Trinajstić information content (AvgIpc) is 2.02. The molecule has 0 aromatic carbocycles. The summed E-state index contributed by atoms with van der Waals surface area (Å²) in [6.07, 6.45) is -2.98. The molecule has 0 aromatic rings. The minimum absolute atomic E-state index is 0.0327. The number of hydrogen-bond acceptors (Lipinski definition) is 2. The zero-order chi connectivity index (χ0) is 10.1. The fraction of sp³-hybridized carbons (Fsp3) is 0.333. The van der Waals surface area contributed by atoms with Crippen molar-refractivity contribution in [3.05, 3.63) is 11.6 Å². The summed E-state index contributed by atoms with van der Waals surface area (Å²) in [7, 11) is 0. The van der Waals surface area contributed by atoms with E-state index in [0.29, 0.717) is 6.21 Å². The second kappa shape index (κ2) is 3.37. The lowest BCUT2D eigenvalue weighted by molar-refractivity contribution is -0.0858. The van der Waals surface area contributed by atoms with Crippen molar-refractivity contribution in [2.24, 2.45) is 15.9 Å². The van der Waals surface area contributed by atoms with Gasteiger partial charge in [0.15, 0.2) is 5.84 Å². The minimum atomic E-state index is -4.43. The molecule has 1 unspecified atom stereocenters. The van der Waals surface area contributed by atoms with Crippen LogP contribution >= 0.6 is 11.6 Å². The summed E-state index contributed by atoms with van der Waals surface area (Å²) >= 11 is 5.48. The molecule has 72 valence electrons. The van der Waals surface area contributed by atoms with E-state index in [1.54, 1.807) is 0 Å². The van der Waals surface area contributed by atoms with E-state index in [1.807, 2.05) is 0 Å². The van der Waals surface area contributed by atoms with Crippen LogP contribution in [0.2, 0.25) is 0 Å². The molecule has 0 aliphatic carbocycles. The van der Waals surface area contributed by atoms with Crippen molar-refractivity contribution in [1.82, 2.24) is 0 Å². The lowest BCUT2D eigenvalue weighted by atomic mass is 10.2. The predicted octanol–water partition coefficient (Wildman–Crippen LogP) is 1.44. The molecule has 2 N–H and O–H groups in total. The highest BCUT2D eigenvalue weighted by Crippen LogP contribution is 2.27. The number of amidine groups is 1. The molecular weight excluding hydrogens is 207 g/mol. The average molecular weight is 212 g/mol. The van der Waals surface area contributed by atoms with Crippen molar-refractivity contribution in [3.63, 3.8) is 0 Å². The van der Waals surface area contributed by atoms with E-state index in [2.05, 4.69) is 10.1 Å². The molecule has 1 rings (SSSR count). The van der Waals surface area contributed by atoms with Crippen LogP contribution in [-0.4, -0.2) is 23.6 Å². The largest absolute Gasteiger partial charge is 0.417 e. The first-order valence-corrected chi connectivity index (χ1v) is 3.63. The number of alkyl halides is 4. The van der Waals surface area contributed by atoms with Crippen molar-refractivity contribution in [1.29, 1.82) is 0 Å². The zero-order valence-electron chi connectivity index (χ0n) is 6.22. The summed E-state index contributed by atoms with van der Waals surface area (Å²) in [4.78, 5) is 3.36. The minimum Gasteiger partial charge on any atom is -0.321 e. The maximum atomic E-state index is 12.1. The lowest BCUT2D eigenvalue weighted by Crippen LogP contribution is -2.23. The van der Waals surface area contributed by atoms with E-state index >= 15 is 0 Å². The highest BCUT2D eigenvalue weighted by atomic mass is 35.5. The Morgan fingerprint density at radius 1 is 1.54 bits per heavy atom. The Hall–Kier alpha value is -1.04. The number of aliphatic imine (C=N–C) groups is 1. The van der Waals surface area contributed by atoms with Gasteiger partial charge >= 0.3 is 6.18 Å². The van der Waals surface area contributed by atoms with Gasteiger partial charge in [-0.1, -0.05) is 0 Å². The van der Waals surface area contributed by atoms with Crippen LogP contribution in [0, 0.1) is 0 Å². The van der Waals surface area contributed by atoms with Crippen LogP contribution in [-0.2, 0) is 0 Å². The van der Waals surface area contributed by atoms with Crippen molar-refractivity contribution in [2.45, 2.75) is 11.6 Å². The predicted molar refractivity (Wildman–Crippen MR) is 43.9 cm³/mol. The van der Waals surface area contributed by atoms with Crippen molar-refractivity contribution < 1.29 is 13.2 Å². The molecule has 3 nitrogen and oxygen atoms in total. The fourth-order valence-corrected chi connectivity index (χ4v) is 1.00. The number of hydrazone groups is 1. The van der Waals surface area contributed by atoms with Crippen LogP contribution in [0.25, 0.3) is 0 Å². The Bertz CT molecular complexity index is 292. The Morgan fingerprint density at radius 3 is 2.54 bits per heavy atom. The molecule has 1 atom stereocenters. The summed E-state index contributed by atoms with van der Waals surface area (Å²) < 4.78 is 36.2. The number of nitrogens with two attached hydrogens (primary N) is 1. The topological polar surface area (TPSA) is 50.7 Å². The summed E-state index contributed by atoms with van der Waals surface area (Å²) in [6, 6.07) is 0. The van der Waals surface area contributed by atoms with E-state index < -0.39 is 17.1 Å². The Morgan fingerprint density at radius 2 is 2.15 bits per heavy atom. The Kier molecular flexibility index (Phi) is 2.60.